The van der Waals surface area contributed by atoms with Gasteiger partial charge in [0.15, 0.2) is 0 Å². The third-order valence-corrected chi connectivity index (χ3v) is 4.92. The summed E-state index contributed by atoms with van der Waals surface area (Å²) in [6, 6.07) is 0. The first-order chi connectivity index (χ1) is 8.09. The lowest BCUT2D eigenvalue weighted by Gasteiger charge is -2.28. The Kier molecular flexibility index (Phi) is 2.57. The topological polar surface area (TPSA) is 26.3 Å². The van der Waals surface area contributed by atoms with Gasteiger partial charge in [-0.1, -0.05) is 12.2 Å². The van der Waals surface area contributed by atoms with Crippen LogP contribution in [0.15, 0.2) is 12.2 Å². The van der Waals surface area contributed by atoms with Gasteiger partial charge in [0, 0.05) is 0 Å². The fourth-order valence-electron chi connectivity index (χ4n) is 3.90. The Morgan fingerprint density at radius 1 is 1.35 bits per heavy atom. The highest BCUT2D eigenvalue weighted by atomic mass is 16.6. The summed E-state index contributed by atoms with van der Waals surface area (Å²) in [5.41, 5.74) is 0.00472. The number of esters is 1. The fourth-order valence-corrected chi connectivity index (χ4v) is 3.90. The Balaban J connectivity index is 1.59. The minimum atomic E-state index is -0.159. The Morgan fingerprint density at radius 3 is 2.65 bits per heavy atom. The molecule has 2 saturated carbocycles. The molecule has 0 aromatic rings. The molecule has 2 bridgehead atoms. The van der Waals surface area contributed by atoms with Crippen LogP contribution in [0.4, 0.5) is 0 Å². The van der Waals surface area contributed by atoms with Crippen molar-refractivity contribution in [1.82, 2.24) is 0 Å². The third kappa shape index (κ3) is 2.14. The maximum atomic E-state index is 12.1. The van der Waals surface area contributed by atoms with E-state index < -0.39 is 0 Å². The summed E-state index contributed by atoms with van der Waals surface area (Å²) in [4.78, 5) is 12.1. The summed E-state index contributed by atoms with van der Waals surface area (Å²) in [7, 11) is 0. The van der Waals surface area contributed by atoms with Gasteiger partial charge >= 0.3 is 5.97 Å². The van der Waals surface area contributed by atoms with Crippen molar-refractivity contribution < 1.29 is 9.53 Å². The first-order valence-electron chi connectivity index (χ1n) is 7.01. The summed E-state index contributed by atoms with van der Waals surface area (Å²) in [5.74, 6) is 0.770. The molecular formula is C15H22O2. The van der Waals surface area contributed by atoms with E-state index in [1.54, 1.807) is 0 Å². The molecule has 3 rings (SSSR count). The highest BCUT2D eigenvalue weighted by Gasteiger charge is 2.43. The van der Waals surface area contributed by atoms with Crippen LogP contribution in [-0.2, 0) is 9.53 Å². The van der Waals surface area contributed by atoms with Gasteiger partial charge in [0.05, 0.1) is 6.42 Å². The molecule has 2 fully saturated rings. The standard InChI is InChI=1S/C15H22O2/c1-14(6-2-3-7-14)17-13(16)11-15-8-4-12(10-15)5-9-15/h4,8,12H,2-3,5-7,9-11H2,1H3. The van der Waals surface area contributed by atoms with E-state index in [4.69, 9.17) is 4.74 Å². The van der Waals surface area contributed by atoms with Crippen LogP contribution in [0, 0.1) is 11.3 Å². The lowest BCUT2D eigenvalue weighted by molar-refractivity contribution is -0.159. The second-order valence-electron chi connectivity index (χ2n) is 6.53. The highest BCUT2D eigenvalue weighted by molar-refractivity contribution is 5.71. The third-order valence-electron chi connectivity index (χ3n) is 4.92. The van der Waals surface area contributed by atoms with Crippen LogP contribution in [0.3, 0.4) is 0 Å². The predicted molar refractivity (Wildman–Crippen MR) is 66.5 cm³/mol. The maximum Gasteiger partial charge on any atom is 0.307 e. The fraction of sp³-hybridized carbons (Fsp3) is 0.800. The summed E-state index contributed by atoms with van der Waals surface area (Å²) in [6.45, 7) is 2.09. The number of carbonyl (C=O) groups excluding carboxylic acids is 1. The minimum absolute atomic E-state index is 0.0293. The largest absolute Gasteiger partial charge is 0.459 e. The molecule has 3 aliphatic carbocycles. The van der Waals surface area contributed by atoms with E-state index in [1.165, 1.54) is 32.1 Å². The molecule has 0 N–H and O–H groups in total. The number of carbonyl (C=O) groups is 1. The molecule has 2 nitrogen and oxygen atoms in total. The van der Waals surface area contributed by atoms with Crippen LogP contribution in [0.1, 0.15) is 58.3 Å². The van der Waals surface area contributed by atoms with E-state index in [1.807, 2.05) is 0 Å². The van der Waals surface area contributed by atoms with Crippen LogP contribution in [0.2, 0.25) is 0 Å². The second-order valence-corrected chi connectivity index (χ2v) is 6.53. The van der Waals surface area contributed by atoms with Gasteiger partial charge in [0.1, 0.15) is 5.60 Å². The van der Waals surface area contributed by atoms with Crippen LogP contribution in [0.5, 0.6) is 0 Å². The molecule has 0 aromatic heterocycles. The number of hydrogen-bond acceptors (Lipinski definition) is 2. The summed E-state index contributed by atoms with van der Waals surface area (Å²) in [5, 5.41) is 0. The lowest BCUT2D eigenvalue weighted by Crippen LogP contribution is -2.30. The van der Waals surface area contributed by atoms with Crippen LogP contribution in [-0.4, -0.2) is 11.6 Å². The normalized spacial score (nSPS) is 37.6. The Hall–Kier alpha value is -0.790. The van der Waals surface area contributed by atoms with Crippen LogP contribution < -0.4 is 0 Å². The van der Waals surface area contributed by atoms with Gasteiger partial charge < -0.3 is 4.74 Å². The van der Waals surface area contributed by atoms with Crippen molar-refractivity contribution in [1.29, 1.82) is 0 Å². The quantitative estimate of drug-likeness (QED) is 0.551. The van der Waals surface area contributed by atoms with Crippen LogP contribution in [0.25, 0.3) is 0 Å². The number of allylic oxidation sites excluding steroid dienone is 2. The monoisotopic (exact) mass is 234 g/mol. The first-order valence-corrected chi connectivity index (χ1v) is 7.01. The van der Waals surface area contributed by atoms with Crippen molar-refractivity contribution in [2.24, 2.45) is 11.3 Å². The number of ether oxygens (including phenoxy) is 1. The molecule has 3 aliphatic rings. The maximum absolute atomic E-state index is 12.1. The Labute approximate surface area is 103 Å². The van der Waals surface area contributed by atoms with E-state index in [0.29, 0.717) is 6.42 Å². The van der Waals surface area contributed by atoms with Crippen molar-refractivity contribution in [2.45, 2.75) is 63.9 Å². The molecule has 0 heterocycles. The second kappa shape index (κ2) is 3.86. The molecule has 2 heteroatoms. The van der Waals surface area contributed by atoms with Gasteiger partial charge in [-0.3, -0.25) is 4.79 Å². The SMILES string of the molecule is CC1(OC(=O)CC23C=CC(CC2)C3)CCCC1. The Bertz CT molecular complexity index is 352. The lowest BCUT2D eigenvalue weighted by atomic mass is 9.84. The van der Waals surface area contributed by atoms with Gasteiger partial charge in [-0.05, 0) is 63.2 Å². The minimum Gasteiger partial charge on any atom is -0.459 e. The zero-order valence-corrected chi connectivity index (χ0v) is 10.7. The van der Waals surface area contributed by atoms with Gasteiger partial charge in [-0.2, -0.15) is 0 Å². The molecule has 0 amide bonds. The van der Waals surface area contributed by atoms with E-state index in [9.17, 15) is 4.79 Å². The van der Waals surface area contributed by atoms with E-state index in [0.717, 1.165) is 18.8 Å². The van der Waals surface area contributed by atoms with Crippen LogP contribution >= 0.6 is 0 Å². The summed E-state index contributed by atoms with van der Waals surface area (Å²) in [6.07, 6.45) is 13.3. The molecule has 0 saturated heterocycles. The molecule has 94 valence electrons. The molecule has 0 aromatic carbocycles. The summed E-state index contributed by atoms with van der Waals surface area (Å²) >= 11 is 0. The smallest absolute Gasteiger partial charge is 0.307 e. The van der Waals surface area contributed by atoms with Gasteiger partial charge in [0.2, 0.25) is 0 Å². The average molecular weight is 234 g/mol. The average Bonchev–Trinajstić information content (AvgIpc) is 2.93. The number of rotatable bonds is 3. The first kappa shape index (κ1) is 11.3. The van der Waals surface area contributed by atoms with Crippen molar-refractivity contribution >= 4 is 5.97 Å². The molecule has 0 spiro atoms. The zero-order chi connectivity index (χ0) is 11.9. The highest BCUT2D eigenvalue weighted by Crippen LogP contribution is 2.51. The Morgan fingerprint density at radius 2 is 2.12 bits per heavy atom. The van der Waals surface area contributed by atoms with E-state index in [-0.39, 0.29) is 17.0 Å². The predicted octanol–water partition coefficient (Wildman–Crippen LogP) is 3.61. The zero-order valence-electron chi connectivity index (χ0n) is 10.7. The van der Waals surface area contributed by atoms with Crippen molar-refractivity contribution in [3.63, 3.8) is 0 Å². The van der Waals surface area contributed by atoms with Crippen molar-refractivity contribution in [2.75, 3.05) is 0 Å². The molecule has 17 heavy (non-hydrogen) atoms. The molecule has 2 atom stereocenters. The van der Waals surface area contributed by atoms with Gasteiger partial charge in [0.25, 0.3) is 0 Å². The van der Waals surface area contributed by atoms with Crippen molar-refractivity contribution in [3.05, 3.63) is 12.2 Å². The van der Waals surface area contributed by atoms with E-state index in [2.05, 4.69) is 19.1 Å². The van der Waals surface area contributed by atoms with Crippen molar-refractivity contribution in [3.8, 4) is 0 Å². The number of fused-ring (bicyclic) bond motifs is 2. The van der Waals surface area contributed by atoms with E-state index >= 15 is 0 Å². The summed E-state index contributed by atoms with van der Waals surface area (Å²) < 4.78 is 5.73. The molecule has 2 unspecified atom stereocenters. The van der Waals surface area contributed by atoms with Gasteiger partial charge in [-0.15, -0.1) is 0 Å². The molecule has 0 aliphatic heterocycles. The number of hydrogen-bond donors (Lipinski definition) is 0. The molecule has 0 radical (unpaired) electrons. The molecular weight excluding hydrogens is 212 g/mol. The van der Waals surface area contributed by atoms with Gasteiger partial charge in [-0.25, -0.2) is 0 Å².